The lowest BCUT2D eigenvalue weighted by molar-refractivity contribution is -0.140. The maximum absolute atomic E-state index is 12.7. The van der Waals surface area contributed by atoms with Crippen LogP contribution in [0, 0.1) is 5.41 Å². The first-order valence-corrected chi connectivity index (χ1v) is 8.29. The Morgan fingerprint density at radius 3 is 2.05 bits per heavy atom. The van der Waals surface area contributed by atoms with Crippen LogP contribution in [0.25, 0.3) is 0 Å². The fourth-order valence-corrected chi connectivity index (χ4v) is 4.62. The van der Waals surface area contributed by atoms with Gasteiger partial charge in [-0.2, -0.15) is 17.5 Å². The molecule has 20 heavy (non-hydrogen) atoms. The number of rotatable bonds is 4. The summed E-state index contributed by atoms with van der Waals surface area (Å²) in [6.45, 7) is 4.82. The number of sulfonamides is 1. The van der Waals surface area contributed by atoms with E-state index in [0.717, 1.165) is 0 Å². The maximum atomic E-state index is 12.7. The van der Waals surface area contributed by atoms with E-state index < -0.39 is 34.2 Å². The van der Waals surface area contributed by atoms with Crippen molar-refractivity contribution in [1.82, 2.24) is 9.62 Å². The molecule has 1 aliphatic heterocycles. The first-order valence-electron chi connectivity index (χ1n) is 6.68. The van der Waals surface area contributed by atoms with E-state index in [1.54, 1.807) is 20.8 Å². The third kappa shape index (κ3) is 5.97. The molecule has 1 rings (SSSR count). The Labute approximate surface area is 118 Å². The summed E-state index contributed by atoms with van der Waals surface area (Å²) in [5, 5.41) is 3.03. The number of nitrogens with zero attached hydrogens (tertiary/aromatic N) is 1. The van der Waals surface area contributed by atoms with E-state index in [9.17, 15) is 21.6 Å². The van der Waals surface area contributed by atoms with Crippen LogP contribution in [0.5, 0.6) is 0 Å². The topological polar surface area (TPSA) is 49.4 Å². The molecule has 0 bridgehead atoms. The quantitative estimate of drug-likeness (QED) is 0.863. The average Bonchev–Trinajstić information content (AvgIpc) is 2.22. The van der Waals surface area contributed by atoms with Crippen LogP contribution in [0.3, 0.4) is 0 Å². The molecule has 4 nitrogen and oxygen atoms in total. The largest absolute Gasteiger partial charge is 0.402 e. The van der Waals surface area contributed by atoms with E-state index in [1.807, 2.05) is 0 Å². The van der Waals surface area contributed by atoms with Gasteiger partial charge in [-0.05, 0) is 31.3 Å². The molecular formula is C12H23F3N2O2S. The molecule has 1 heterocycles. The highest BCUT2D eigenvalue weighted by atomic mass is 32.2. The van der Waals surface area contributed by atoms with Gasteiger partial charge in [-0.15, -0.1) is 0 Å². The van der Waals surface area contributed by atoms with Gasteiger partial charge in [0.2, 0.25) is 10.0 Å². The Balaban J connectivity index is 2.96. The molecule has 0 unspecified atom stereocenters. The highest BCUT2D eigenvalue weighted by Gasteiger charge is 2.41. The van der Waals surface area contributed by atoms with Gasteiger partial charge in [-0.25, -0.2) is 8.42 Å². The second kappa shape index (κ2) is 6.19. The lowest BCUT2D eigenvalue weighted by Crippen LogP contribution is -2.51. The summed E-state index contributed by atoms with van der Waals surface area (Å²) in [5.41, 5.74) is -0.574. The highest BCUT2D eigenvalue weighted by Crippen LogP contribution is 2.27. The van der Waals surface area contributed by atoms with Crippen molar-refractivity contribution in [2.75, 3.05) is 25.4 Å². The zero-order valence-electron chi connectivity index (χ0n) is 12.1. The van der Waals surface area contributed by atoms with Crippen molar-refractivity contribution in [1.29, 1.82) is 0 Å². The second-order valence-electron chi connectivity index (χ2n) is 6.46. The molecule has 0 radical (unpaired) electrons. The summed E-state index contributed by atoms with van der Waals surface area (Å²) in [6, 6.07) is -0.565. The van der Waals surface area contributed by atoms with Gasteiger partial charge in [-0.3, -0.25) is 0 Å². The summed E-state index contributed by atoms with van der Waals surface area (Å²) >= 11 is 0. The monoisotopic (exact) mass is 316 g/mol. The van der Waals surface area contributed by atoms with Gasteiger partial charge in [0.05, 0.1) is 5.75 Å². The van der Waals surface area contributed by atoms with E-state index in [0.29, 0.717) is 30.2 Å². The number of halogens is 3. The fraction of sp³-hybridized carbons (Fsp3) is 1.00. The Morgan fingerprint density at radius 2 is 1.65 bits per heavy atom. The molecule has 120 valence electrons. The van der Waals surface area contributed by atoms with Gasteiger partial charge in [0.15, 0.2) is 0 Å². The minimum Gasteiger partial charge on any atom is -0.317 e. The Kier molecular flexibility index (Phi) is 5.48. The Bertz CT molecular complexity index is 409. The molecule has 1 saturated heterocycles. The first-order chi connectivity index (χ1) is 8.91. The van der Waals surface area contributed by atoms with Crippen LogP contribution in [0.4, 0.5) is 13.2 Å². The average molecular weight is 316 g/mol. The molecular weight excluding hydrogens is 293 g/mol. The number of piperidine rings is 1. The molecule has 0 spiro atoms. The van der Waals surface area contributed by atoms with Crippen molar-refractivity contribution in [2.45, 2.75) is 45.8 Å². The fourth-order valence-electron chi connectivity index (χ4n) is 2.36. The minimum atomic E-state index is -4.52. The molecule has 0 aromatic rings. The molecule has 1 aliphatic rings. The van der Waals surface area contributed by atoms with Crippen LogP contribution in [0.1, 0.15) is 33.6 Å². The van der Waals surface area contributed by atoms with Crippen LogP contribution in [-0.2, 0) is 10.0 Å². The van der Waals surface area contributed by atoms with E-state index in [4.69, 9.17) is 0 Å². The van der Waals surface area contributed by atoms with Gasteiger partial charge in [0.25, 0.3) is 0 Å². The van der Waals surface area contributed by atoms with Crippen molar-refractivity contribution >= 4 is 10.0 Å². The molecule has 0 saturated carbocycles. The van der Waals surface area contributed by atoms with Crippen molar-refractivity contribution in [3.05, 3.63) is 0 Å². The maximum Gasteiger partial charge on any atom is 0.402 e. The standard InChI is InChI=1S/C12H23F3N2O2S/c1-11(2,3)9-20(18,19)17(8-12(13,14)15)10-4-6-16-7-5-10/h10,16H,4-9H2,1-3H3. The Hall–Kier alpha value is -0.340. The van der Waals surface area contributed by atoms with Gasteiger partial charge in [0.1, 0.15) is 6.54 Å². The van der Waals surface area contributed by atoms with Crippen LogP contribution < -0.4 is 5.32 Å². The first kappa shape index (κ1) is 17.7. The van der Waals surface area contributed by atoms with Crippen LogP contribution >= 0.6 is 0 Å². The molecule has 1 fully saturated rings. The summed E-state index contributed by atoms with van der Waals surface area (Å²) < 4.78 is 63.4. The number of hydrogen-bond acceptors (Lipinski definition) is 3. The Morgan fingerprint density at radius 1 is 1.15 bits per heavy atom. The normalized spacial score (nSPS) is 19.6. The predicted octanol–water partition coefficient (Wildman–Crippen LogP) is 1.98. The number of hydrogen-bond donors (Lipinski definition) is 1. The SMILES string of the molecule is CC(C)(C)CS(=O)(=O)N(CC(F)(F)F)C1CCNCC1. The van der Waals surface area contributed by atoms with Crippen molar-refractivity contribution in [3.63, 3.8) is 0 Å². The summed E-state index contributed by atoms with van der Waals surface area (Å²) in [5.74, 6) is -0.278. The van der Waals surface area contributed by atoms with E-state index in [1.165, 1.54) is 0 Å². The van der Waals surface area contributed by atoms with Crippen molar-refractivity contribution < 1.29 is 21.6 Å². The number of alkyl halides is 3. The lowest BCUT2D eigenvalue weighted by Gasteiger charge is -2.35. The third-order valence-electron chi connectivity index (χ3n) is 3.02. The van der Waals surface area contributed by atoms with Crippen molar-refractivity contribution in [3.8, 4) is 0 Å². The third-order valence-corrected chi connectivity index (χ3v) is 5.40. The molecule has 0 atom stereocenters. The molecule has 0 aromatic heterocycles. The van der Waals surface area contributed by atoms with Crippen molar-refractivity contribution in [2.24, 2.45) is 5.41 Å². The summed E-state index contributed by atoms with van der Waals surface area (Å²) in [4.78, 5) is 0. The van der Waals surface area contributed by atoms with Gasteiger partial charge >= 0.3 is 6.18 Å². The van der Waals surface area contributed by atoms with E-state index in [2.05, 4.69) is 5.32 Å². The van der Waals surface area contributed by atoms with E-state index >= 15 is 0 Å². The van der Waals surface area contributed by atoms with Crippen LogP contribution in [0.15, 0.2) is 0 Å². The summed E-state index contributed by atoms with van der Waals surface area (Å²) in [7, 11) is -3.93. The zero-order valence-corrected chi connectivity index (χ0v) is 12.9. The summed E-state index contributed by atoms with van der Waals surface area (Å²) in [6.07, 6.45) is -3.69. The molecule has 8 heteroatoms. The molecule has 0 aliphatic carbocycles. The van der Waals surface area contributed by atoms with Gasteiger partial charge in [-0.1, -0.05) is 20.8 Å². The zero-order chi connectivity index (χ0) is 15.6. The van der Waals surface area contributed by atoms with E-state index in [-0.39, 0.29) is 5.75 Å². The van der Waals surface area contributed by atoms with Gasteiger partial charge < -0.3 is 5.32 Å². The second-order valence-corrected chi connectivity index (χ2v) is 8.38. The molecule has 1 N–H and O–H groups in total. The highest BCUT2D eigenvalue weighted by molar-refractivity contribution is 7.89. The lowest BCUT2D eigenvalue weighted by atomic mass is 10.0. The smallest absolute Gasteiger partial charge is 0.317 e. The molecule has 0 aromatic carbocycles. The van der Waals surface area contributed by atoms with Crippen LogP contribution in [0.2, 0.25) is 0 Å². The predicted molar refractivity (Wildman–Crippen MR) is 71.9 cm³/mol. The minimum absolute atomic E-state index is 0.278. The van der Waals surface area contributed by atoms with Gasteiger partial charge in [0, 0.05) is 6.04 Å². The molecule has 0 amide bonds. The van der Waals surface area contributed by atoms with Crippen LogP contribution in [-0.4, -0.2) is 50.3 Å². The number of nitrogens with one attached hydrogen (secondary N) is 1.